The lowest BCUT2D eigenvalue weighted by Gasteiger charge is -2.35. The molecule has 1 fully saturated rings. The van der Waals surface area contributed by atoms with Crippen LogP contribution < -0.4 is 5.73 Å². The molecule has 0 aromatic heterocycles. The predicted molar refractivity (Wildman–Crippen MR) is 88.2 cm³/mol. The van der Waals surface area contributed by atoms with Crippen LogP contribution in [0.25, 0.3) is 0 Å². The SMILES string of the molecule is CCc1ccccc1C(=O)N1CCO[C@H](CN(C)CC(N)=O)C1. The molecule has 1 aromatic rings. The minimum absolute atomic E-state index is 0.0494. The van der Waals surface area contributed by atoms with Gasteiger partial charge in [-0.3, -0.25) is 14.5 Å². The molecule has 0 unspecified atom stereocenters. The summed E-state index contributed by atoms with van der Waals surface area (Å²) >= 11 is 0. The van der Waals surface area contributed by atoms with E-state index in [-0.39, 0.29) is 24.5 Å². The van der Waals surface area contributed by atoms with Crippen LogP contribution in [-0.2, 0) is 16.0 Å². The van der Waals surface area contributed by atoms with Gasteiger partial charge in [0.25, 0.3) is 5.91 Å². The van der Waals surface area contributed by atoms with Gasteiger partial charge in [-0.05, 0) is 25.1 Å². The summed E-state index contributed by atoms with van der Waals surface area (Å²) in [5, 5.41) is 0. The standard InChI is InChI=1S/C17H25N3O3/c1-3-13-6-4-5-7-15(13)17(22)20-8-9-23-14(11-20)10-19(2)12-16(18)21/h4-7,14H,3,8-12H2,1-2H3,(H2,18,21)/t14-/m1/s1. The molecule has 6 heteroatoms. The number of morpholine rings is 1. The molecule has 1 aliphatic heterocycles. The summed E-state index contributed by atoms with van der Waals surface area (Å²) in [5.74, 6) is -0.318. The van der Waals surface area contributed by atoms with Crippen molar-refractivity contribution < 1.29 is 14.3 Å². The Morgan fingerprint density at radius 2 is 2.13 bits per heavy atom. The number of hydrogen-bond acceptors (Lipinski definition) is 4. The van der Waals surface area contributed by atoms with E-state index >= 15 is 0 Å². The van der Waals surface area contributed by atoms with Gasteiger partial charge in [0.15, 0.2) is 0 Å². The fourth-order valence-corrected chi connectivity index (χ4v) is 2.90. The van der Waals surface area contributed by atoms with Crippen LogP contribution in [0.4, 0.5) is 0 Å². The summed E-state index contributed by atoms with van der Waals surface area (Å²) in [6, 6.07) is 7.72. The fraction of sp³-hybridized carbons (Fsp3) is 0.529. The van der Waals surface area contributed by atoms with Crippen molar-refractivity contribution in [3.05, 3.63) is 35.4 Å². The Morgan fingerprint density at radius 3 is 2.83 bits per heavy atom. The number of carbonyl (C=O) groups excluding carboxylic acids is 2. The first-order valence-corrected chi connectivity index (χ1v) is 7.97. The Labute approximate surface area is 137 Å². The van der Waals surface area contributed by atoms with Crippen molar-refractivity contribution in [2.45, 2.75) is 19.4 Å². The highest BCUT2D eigenvalue weighted by Crippen LogP contribution is 2.15. The van der Waals surface area contributed by atoms with Crippen LogP contribution in [0.3, 0.4) is 0 Å². The summed E-state index contributed by atoms with van der Waals surface area (Å²) in [6.45, 7) is 4.43. The van der Waals surface area contributed by atoms with Crippen LogP contribution in [0.15, 0.2) is 24.3 Å². The number of hydrogen-bond donors (Lipinski definition) is 1. The summed E-state index contributed by atoms with van der Waals surface area (Å²) in [4.78, 5) is 27.4. The molecule has 1 aliphatic rings. The van der Waals surface area contributed by atoms with Gasteiger partial charge in [0.05, 0.1) is 19.3 Å². The summed E-state index contributed by atoms with van der Waals surface area (Å²) in [6.07, 6.45) is 0.725. The third-order valence-electron chi connectivity index (χ3n) is 4.00. The molecular formula is C17H25N3O3. The van der Waals surface area contributed by atoms with Gasteiger partial charge in [-0.2, -0.15) is 0 Å². The fourth-order valence-electron chi connectivity index (χ4n) is 2.90. The second-order valence-electron chi connectivity index (χ2n) is 5.92. The molecule has 1 heterocycles. The number of ether oxygens (including phenoxy) is 1. The Hall–Kier alpha value is -1.92. The van der Waals surface area contributed by atoms with E-state index in [2.05, 4.69) is 0 Å². The zero-order chi connectivity index (χ0) is 16.8. The quantitative estimate of drug-likeness (QED) is 0.829. The average Bonchev–Trinajstić information content (AvgIpc) is 2.53. The zero-order valence-corrected chi connectivity index (χ0v) is 13.8. The van der Waals surface area contributed by atoms with E-state index in [0.29, 0.717) is 26.2 Å². The van der Waals surface area contributed by atoms with Crippen molar-refractivity contribution in [3.63, 3.8) is 0 Å². The number of nitrogens with two attached hydrogens (primary N) is 1. The van der Waals surface area contributed by atoms with Crippen molar-refractivity contribution in [1.29, 1.82) is 0 Å². The van der Waals surface area contributed by atoms with Crippen molar-refractivity contribution in [2.24, 2.45) is 5.73 Å². The number of nitrogens with zero attached hydrogens (tertiary/aromatic N) is 2. The van der Waals surface area contributed by atoms with Gasteiger partial charge < -0.3 is 15.4 Å². The molecular weight excluding hydrogens is 294 g/mol. The second kappa shape index (κ2) is 8.08. The first-order valence-electron chi connectivity index (χ1n) is 7.97. The number of benzene rings is 1. The van der Waals surface area contributed by atoms with Gasteiger partial charge in [-0.1, -0.05) is 25.1 Å². The highest BCUT2D eigenvalue weighted by atomic mass is 16.5. The number of amides is 2. The van der Waals surface area contributed by atoms with Crippen molar-refractivity contribution in [1.82, 2.24) is 9.80 Å². The maximum Gasteiger partial charge on any atom is 0.254 e. The lowest BCUT2D eigenvalue weighted by Crippen LogP contribution is -2.50. The Bertz CT molecular complexity index is 562. The molecule has 23 heavy (non-hydrogen) atoms. The van der Waals surface area contributed by atoms with Crippen LogP contribution >= 0.6 is 0 Å². The van der Waals surface area contributed by atoms with E-state index in [1.165, 1.54) is 0 Å². The van der Waals surface area contributed by atoms with E-state index < -0.39 is 0 Å². The smallest absolute Gasteiger partial charge is 0.254 e. The van der Waals surface area contributed by atoms with Crippen LogP contribution in [0, 0.1) is 0 Å². The van der Waals surface area contributed by atoms with Gasteiger partial charge in [0.1, 0.15) is 0 Å². The zero-order valence-electron chi connectivity index (χ0n) is 13.8. The van der Waals surface area contributed by atoms with Gasteiger partial charge in [-0.15, -0.1) is 0 Å². The molecule has 1 atom stereocenters. The molecule has 6 nitrogen and oxygen atoms in total. The number of primary amides is 1. The van der Waals surface area contributed by atoms with Crippen molar-refractivity contribution >= 4 is 11.8 Å². The van der Waals surface area contributed by atoms with E-state index in [9.17, 15) is 9.59 Å². The molecule has 0 aliphatic carbocycles. The second-order valence-corrected chi connectivity index (χ2v) is 5.92. The maximum absolute atomic E-state index is 12.8. The Balaban J connectivity index is 2.00. The number of rotatable bonds is 6. The minimum Gasteiger partial charge on any atom is -0.373 e. The number of likely N-dealkylation sites (N-methyl/N-ethyl adjacent to an activating group) is 1. The molecule has 1 saturated heterocycles. The largest absolute Gasteiger partial charge is 0.373 e. The van der Waals surface area contributed by atoms with Gasteiger partial charge >= 0.3 is 0 Å². The van der Waals surface area contributed by atoms with Crippen molar-refractivity contribution in [3.8, 4) is 0 Å². The van der Waals surface area contributed by atoms with Crippen LogP contribution in [-0.4, -0.2) is 67.6 Å². The van der Waals surface area contributed by atoms with E-state index in [1.807, 2.05) is 48.0 Å². The van der Waals surface area contributed by atoms with Crippen LogP contribution in [0.5, 0.6) is 0 Å². The minimum atomic E-state index is -0.367. The first-order chi connectivity index (χ1) is 11.0. The van der Waals surface area contributed by atoms with Crippen LogP contribution in [0.1, 0.15) is 22.8 Å². The molecule has 2 N–H and O–H groups in total. The maximum atomic E-state index is 12.8. The molecule has 0 spiro atoms. The van der Waals surface area contributed by atoms with Gasteiger partial charge in [0.2, 0.25) is 5.91 Å². The van der Waals surface area contributed by atoms with Gasteiger partial charge in [-0.25, -0.2) is 0 Å². The topological polar surface area (TPSA) is 75.9 Å². The number of carbonyl (C=O) groups is 2. The third kappa shape index (κ3) is 4.77. The predicted octanol–water partition coefficient (Wildman–Crippen LogP) is 0.507. The van der Waals surface area contributed by atoms with E-state index in [0.717, 1.165) is 17.5 Å². The Morgan fingerprint density at radius 1 is 1.39 bits per heavy atom. The Kier molecular flexibility index (Phi) is 6.12. The van der Waals surface area contributed by atoms with Crippen molar-refractivity contribution in [2.75, 3.05) is 39.8 Å². The monoisotopic (exact) mass is 319 g/mol. The molecule has 2 rings (SSSR count). The first kappa shape index (κ1) is 17.4. The highest BCUT2D eigenvalue weighted by molar-refractivity contribution is 5.95. The molecule has 1 aromatic carbocycles. The third-order valence-corrected chi connectivity index (χ3v) is 4.00. The summed E-state index contributed by atoms with van der Waals surface area (Å²) < 4.78 is 5.72. The molecule has 0 bridgehead atoms. The lowest BCUT2D eigenvalue weighted by atomic mass is 10.0. The normalized spacial score (nSPS) is 18.2. The van der Waals surface area contributed by atoms with E-state index in [4.69, 9.17) is 10.5 Å². The number of aryl methyl sites for hydroxylation is 1. The molecule has 0 radical (unpaired) electrons. The lowest BCUT2D eigenvalue weighted by molar-refractivity contribution is -0.119. The van der Waals surface area contributed by atoms with Gasteiger partial charge in [0, 0.05) is 25.2 Å². The highest BCUT2D eigenvalue weighted by Gasteiger charge is 2.26. The average molecular weight is 319 g/mol. The molecule has 0 saturated carbocycles. The summed E-state index contributed by atoms with van der Waals surface area (Å²) in [5.41, 5.74) is 7.02. The molecule has 2 amide bonds. The summed E-state index contributed by atoms with van der Waals surface area (Å²) in [7, 11) is 1.82. The molecule has 126 valence electrons. The van der Waals surface area contributed by atoms with Crippen LogP contribution in [0.2, 0.25) is 0 Å². The van der Waals surface area contributed by atoms with E-state index in [1.54, 1.807) is 0 Å².